The largest absolute Gasteiger partial charge is 0.497 e. The van der Waals surface area contributed by atoms with E-state index in [0.29, 0.717) is 22.0 Å². The minimum Gasteiger partial charge on any atom is -0.497 e. The van der Waals surface area contributed by atoms with Gasteiger partial charge in [0.25, 0.3) is 17.7 Å². The molecule has 0 atom stereocenters. The number of thiocarbonyl (C=S) groups is 1. The minimum atomic E-state index is -0.465. The molecule has 8 nitrogen and oxygen atoms in total. The van der Waals surface area contributed by atoms with Gasteiger partial charge in [-0.15, -0.1) is 0 Å². The SMILES string of the molecule is COc1ccc(C(=O)NN2C(=O)/C(=C/c3ccc(OCC(=O)Nc4ccc(C)c(C)c4)cc3)SC2=S)cc1. The van der Waals surface area contributed by atoms with Gasteiger partial charge >= 0.3 is 0 Å². The highest BCUT2D eigenvalue weighted by Crippen LogP contribution is 2.32. The van der Waals surface area contributed by atoms with E-state index in [1.807, 2.05) is 32.0 Å². The molecule has 0 bridgehead atoms. The summed E-state index contributed by atoms with van der Waals surface area (Å²) in [7, 11) is 1.54. The highest BCUT2D eigenvalue weighted by atomic mass is 32.2. The van der Waals surface area contributed by atoms with E-state index in [1.54, 1.807) is 54.6 Å². The van der Waals surface area contributed by atoms with E-state index < -0.39 is 11.8 Å². The zero-order valence-electron chi connectivity index (χ0n) is 20.9. The highest BCUT2D eigenvalue weighted by molar-refractivity contribution is 8.26. The van der Waals surface area contributed by atoms with Gasteiger partial charge in [-0.05, 0) is 97.4 Å². The van der Waals surface area contributed by atoms with Gasteiger partial charge in [0.1, 0.15) is 11.5 Å². The van der Waals surface area contributed by atoms with Crippen molar-refractivity contribution in [2.75, 3.05) is 19.0 Å². The van der Waals surface area contributed by atoms with Crippen LogP contribution in [0.2, 0.25) is 0 Å². The van der Waals surface area contributed by atoms with Crippen LogP contribution >= 0.6 is 24.0 Å². The predicted octanol–water partition coefficient (Wildman–Crippen LogP) is 4.88. The lowest BCUT2D eigenvalue weighted by Crippen LogP contribution is -2.44. The van der Waals surface area contributed by atoms with Gasteiger partial charge in [-0.25, -0.2) is 0 Å². The molecular weight excluding hydrogens is 522 g/mol. The molecule has 1 aliphatic rings. The topological polar surface area (TPSA) is 97.0 Å². The van der Waals surface area contributed by atoms with Crippen molar-refractivity contribution in [1.29, 1.82) is 0 Å². The average Bonchev–Trinajstić information content (AvgIpc) is 3.17. The van der Waals surface area contributed by atoms with E-state index in [0.717, 1.165) is 39.1 Å². The van der Waals surface area contributed by atoms with E-state index in [1.165, 1.54) is 7.11 Å². The van der Waals surface area contributed by atoms with Crippen molar-refractivity contribution in [3.63, 3.8) is 0 Å². The molecule has 0 radical (unpaired) electrons. The van der Waals surface area contributed by atoms with E-state index >= 15 is 0 Å². The van der Waals surface area contributed by atoms with Crippen molar-refractivity contribution in [2.45, 2.75) is 13.8 Å². The Morgan fingerprint density at radius 2 is 1.66 bits per heavy atom. The molecule has 0 unspecified atom stereocenters. The smallest absolute Gasteiger partial charge is 0.285 e. The fraction of sp³-hybridized carbons (Fsp3) is 0.143. The summed E-state index contributed by atoms with van der Waals surface area (Å²) in [5.41, 5.74) is 6.61. The summed E-state index contributed by atoms with van der Waals surface area (Å²) in [6.07, 6.45) is 1.68. The molecule has 0 saturated carbocycles. The standard InChI is InChI=1S/C28H25N3O5S2/c1-17-4-9-21(14-18(17)2)29-25(32)16-36-23-10-5-19(6-11-23)15-24-27(34)31(28(37)38-24)30-26(33)20-7-12-22(35-3)13-8-20/h4-15H,16H2,1-3H3,(H,29,32)(H,30,33)/b24-15-. The van der Waals surface area contributed by atoms with Crippen LogP contribution in [0.5, 0.6) is 11.5 Å². The number of benzene rings is 3. The van der Waals surface area contributed by atoms with E-state index in [-0.39, 0.29) is 16.8 Å². The number of aryl methyl sites for hydroxylation is 2. The van der Waals surface area contributed by atoms with Crippen molar-refractivity contribution >= 4 is 57.8 Å². The molecule has 2 N–H and O–H groups in total. The molecule has 3 aromatic carbocycles. The van der Waals surface area contributed by atoms with Gasteiger partial charge < -0.3 is 14.8 Å². The molecule has 3 amide bonds. The Hall–Kier alpha value is -4.15. The third kappa shape index (κ3) is 6.58. The van der Waals surface area contributed by atoms with Crippen molar-refractivity contribution < 1.29 is 23.9 Å². The van der Waals surface area contributed by atoms with Crippen molar-refractivity contribution in [2.24, 2.45) is 0 Å². The predicted molar refractivity (Wildman–Crippen MR) is 152 cm³/mol. The fourth-order valence-corrected chi connectivity index (χ4v) is 4.63. The Bertz CT molecular complexity index is 1420. The number of thioether (sulfide) groups is 1. The minimum absolute atomic E-state index is 0.140. The molecule has 0 spiro atoms. The summed E-state index contributed by atoms with van der Waals surface area (Å²) in [5.74, 6) is -0.0278. The van der Waals surface area contributed by atoms with Crippen LogP contribution in [0, 0.1) is 13.8 Å². The Labute approximate surface area is 230 Å². The Morgan fingerprint density at radius 3 is 2.32 bits per heavy atom. The first kappa shape index (κ1) is 26.9. The number of anilines is 1. The first-order valence-electron chi connectivity index (χ1n) is 11.6. The number of amides is 3. The zero-order valence-corrected chi connectivity index (χ0v) is 22.6. The summed E-state index contributed by atoms with van der Waals surface area (Å²) >= 11 is 6.38. The molecule has 3 aromatic rings. The third-order valence-corrected chi connectivity index (χ3v) is 7.00. The molecule has 0 aromatic heterocycles. The number of rotatable bonds is 8. The van der Waals surface area contributed by atoms with Crippen LogP contribution in [0.1, 0.15) is 27.0 Å². The van der Waals surface area contributed by atoms with Gasteiger partial charge in [0, 0.05) is 11.3 Å². The molecule has 1 fully saturated rings. The number of methoxy groups -OCH3 is 1. The Balaban J connectivity index is 1.32. The van der Waals surface area contributed by atoms with Crippen LogP contribution in [-0.2, 0) is 9.59 Å². The van der Waals surface area contributed by atoms with Gasteiger partial charge in [0.05, 0.1) is 12.0 Å². The van der Waals surface area contributed by atoms with Crippen LogP contribution in [0.25, 0.3) is 6.08 Å². The third-order valence-electron chi connectivity index (χ3n) is 5.70. The molecule has 1 aliphatic heterocycles. The molecule has 38 heavy (non-hydrogen) atoms. The number of carbonyl (C=O) groups excluding carboxylic acids is 3. The van der Waals surface area contributed by atoms with Crippen molar-refractivity contribution in [3.8, 4) is 11.5 Å². The number of carbonyl (C=O) groups is 3. The zero-order chi connectivity index (χ0) is 27.2. The summed E-state index contributed by atoms with van der Waals surface area (Å²) < 4.78 is 10.9. The van der Waals surface area contributed by atoms with Gasteiger partial charge in [0.15, 0.2) is 10.9 Å². The highest BCUT2D eigenvalue weighted by Gasteiger charge is 2.33. The maximum Gasteiger partial charge on any atom is 0.285 e. The molecule has 4 rings (SSSR count). The lowest BCUT2D eigenvalue weighted by molar-refractivity contribution is -0.123. The van der Waals surface area contributed by atoms with Crippen LogP contribution in [0.3, 0.4) is 0 Å². The lowest BCUT2D eigenvalue weighted by Gasteiger charge is -2.15. The number of hydrogen-bond acceptors (Lipinski definition) is 7. The summed E-state index contributed by atoms with van der Waals surface area (Å²) in [5, 5.41) is 3.88. The normalized spacial score (nSPS) is 14.0. The molecule has 194 valence electrons. The van der Waals surface area contributed by atoms with Gasteiger partial charge in [-0.2, -0.15) is 5.01 Å². The number of nitrogens with one attached hydrogen (secondary N) is 2. The molecule has 0 aliphatic carbocycles. The second-order valence-corrected chi connectivity index (χ2v) is 10.1. The van der Waals surface area contributed by atoms with Crippen LogP contribution in [-0.4, -0.2) is 40.8 Å². The van der Waals surface area contributed by atoms with Crippen LogP contribution in [0.4, 0.5) is 5.69 Å². The fourth-order valence-electron chi connectivity index (χ4n) is 3.45. The molecule has 1 saturated heterocycles. The van der Waals surface area contributed by atoms with Crippen molar-refractivity contribution in [1.82, 2.24) is 10.4 Å². The summed E-state index contributed by atoms with van der Waals surface area (Å²) in [6.45, 7) is 3.86. The quantitative estimate of drug-likeness (QED) is 0.307. The Kier molecular flexibility index (Phi) is 8.45. The van der Waals surface area contributed by atoms with E-state index in [2.05, 4.69) is 10.7 Å². The first-order valence-corrected chi connectivity index (χ1v) is 12.8. The maximum absolute atomic E-state index is 12.9. The number of hydrazine groups is 1. The molecule has 10 heteroatoms. The first-order chi connectivity index (χ1) is 18.2. The van der Waals surface area contributed by atoms with E-state index in [4.69, 9.17) is 21.7 Å². The Morgan fingerprint density at radius 1 is 0.974 bits per heavy atom. The van der Waals surface area contributed by atoms with Gasteiger partial charge in [-0.3, -0.25) is 19.8 Å². The monoisotopic (exact) mass is 547 g/mol. The number of nitrogens with zero attached hydrogens (tertiary/aromatic N) is 1. The van der Waals surface area contributed by atoms with Crippen LogP contribution < -0.4 is 20.2 Å². The number of ether oxygens (including phenoxy) is 2. The molecule has 1 heterocycles. The summed E-state index contributed by atoms with van der Waals surface area (Å²) in [6, 6.07) is 19.2. The molecular formula is C28H25N3O5S2. The van der Waals surface area contributed by atoms with Gasteiger partial charge in [0.2, 0.25) is 0 Å². The average molecular weight is 548 g/mol. The second kappa shape index (κ2) is 11.9. The van der Waals surface area contributed by atoms with Gasteiger partial charge in [-0.1, -0.05) is 30.0 Å². The van der Waals surface area contributed by atoms with E-state index in [9.17, 15) is 14.4 Å². The maximum atomic E-state index is 12.9. The lowest BCUT2D eigenvalue weighted by atomic mass is 10.1. The van der Waals surface area contributed by atoms with Crippen molar-refractivity contribution in [3.05, 3.63) is 93.9 Å². The van der Waals surface area contributed by atoms with Crippen LogP contribution in [0.15, 0.2) is 71.6 Å². The second-order valence-electron chi connectivity index (χ2n) is 8.39. The number of hydrogen-bond donors (Lipinski definition) is 2. The summed E-state index contributed by atoms with van der Waals surface area (Å²) in [4.78, 5) is 38.0.